The van der Waals surface area contributed by atoms with E-state index in [2.05, 4.69) is 5.32 Å². The minimum Gasteiger partial charge on any atom is -0.392 e. The van der Waals surface area contributed by atoms with E-state index in [0.29, 0.717) is 19.0 Å². The number of aliphatic hydroxyl groups excluding tert-OH is 1. The summed E-state index contributed by atoms with van der Waals surface area (Å²) in [6.07, 6.45) is 1.50. The Labute approximate surface area is 91.2 Å². The maximum Gasteiger partial charge on any atom is 0.235 e. The van der Waals surface area contributed by atoms with Gasteiger partial charge in [-0.15, -0.1) is 0 Å². The van der Waals surface area contributed by atoms with Gasteiger partial charge in [-0.05, 0) is 5.92 Å². The smallest absolute Gasteiger partial charge is 0.235 e. The summed E-state index contributed by atoms with van der Waals surface area (Å²) < 4.78 is 0. The summed E-state index contributed by atoms with van der Waals surface area (Å²) in [6.45, 7) is 4.86. The van der Waals surface area contributed by atoms with E-state index in [9.17, 15) is 9.90 Å². The van der Waals surface area contributed by atoms with Crippen molar-refractivity contribution in [3.63, 3.8) is 0 Å². The fourth-order valence-electron chi connectivity index (χ4n) is 1.49. The van der Waals surface area contributed by atoms with Gasteiger partial charge < -0.3 is 21.9 Å². The first-order chi connectivity index (χ1) is 7.02. The van der Waals surface area contributed by atoms with Crippen molar-refractivity contribution in [2.75, 3.05) is 13.1 Å². The van der Waals surface area contributed by atoms with Crippen LogP contribution in [0, 0.1) is 5.92 Å². The van der Waals surface area contributed by atoms with Gasteiger partial charge in [0.25, 0.3) is 0 Å². The number of hydrogen-bond donors (Lipinski definition) is 4. The zero-order valence-electron chi connectivity index (χ0n) is 9.57. The number of rotatable bonds is 8. The molecular weight excluding hydrogens is 194 g/mol. The minimum absolute atomic E-state index is 0.294. The van der Waals surface area contributed by atoms with Gasteiger partial charge in [0.2, 0.25) is 5.91 Å². The van der Waals surface area contributed by atoms with Crippen molar-refractivity contribution in [2.45, 2.75) is 38.8 Å². The summed E-state index contributed by atoms with van der Waals surface area (Å²) in [5, 5.41) is 12.7. The summed E-state index contributed by atoms with van der Waals surface area (Å²) in [7, 11) is 0. The number of aliphatic hydroxyl groups is 1. The number of nitrogens with two attached hydrogens (primary N) is 2. The first kappa shape index (κ1) is 14.3. The van der Waals surface area contributed by atoms with Crippen LogP contribution in [0.2, 0.25) is 0 Å². The molecule has 0 saturated carbocycles. The molecule has 1 amide bonds. The third-order valence-electron chi connectivity index (χ3n) is 2.68. The maximum absolute atomic E-state index is 10.6. The van der Waals surface area contributed by atoms with E-state index in [1.54, 1.807) is 0 Å². The van der Waals surface area contributed by atoms with E-state index in [1.165, 1.54) is 0 Å². The molecule has 0 aromatic heterocycles. The van der Waals surface area contributed by atoms with Crippen LogP contribution in [-0.4, -0.2) is 36.2 Å². The summed E-state index contributed by atoms with van der Waals surface area (Å²) >= 11 is 0. The molecule has 2 atom stereocenters. The lowest BCUT2D eigenvalue weighted by atomic mass is 9.96. The molecule has 0 radical (unpaired) electrons. The van der Waals surface area contributed by atoms with Gasteiger partial charge in [0, 0.05) is 13.1 Å². The van der Waals surface area contributed by atoms with E-state index in [1.807, 2.05) is 13.8 Å². The second-order valence-electron chi connectivity index (χ2n) is 3.81. The number of amides is 1. The van der Waals surface area contributed by atoms with Crippen LogP contribution >= 0.6 is 0 Å². The Morgan fingerprint density at radius 1 is 1.33 bits per heavy atom. The average molecular weight is 217 g/mol. The number of nitrogens with one attached hydrogen (secondary N) is 1. The largest absolute Gasteiger partial charge is 0.392 e. The lowest BCUT2D eigenvalue weighted by Gasteiger charge is -2.21. The van der Waals surface area contributed by atoms with Gasteiger partial charge in [-0.2, -0.15) is 0 Å². The second-order valence-corrected chi connectivity index (χ2v) is 3.81. The molecule has 0 aromatic rings. The Hall–Kier alpha value is -0.650. The molecule has 0 rings (SSSR count). The molecule has 6 N–H and O–H groups in total. The average Bonchev–Trinajstić information content (AvgIpc) is 2.19. The van der Waals surface area contributed by atoms with Gasteiger partial charge in [0.1, 0.15) is 0 Å². The Morgan fingerprint density at radius 3 is 2.27 bits per heavy atom. The van der Waals surface area contributed by atoms with Gasteiger partial charge in [0.15, 0.2) is 0 Å². The van der Waals surface area contributed by atoms with Crippen molar-refractivity contribution in [1.29, 1.82) is 0 Å². The molecule has 0 heterocycles. The highest BCUT2D eigenvalue weighted by molar-refractivity contribution is 5.79. The highest BCUT2D eigenvalue weighted by atomic mass is 16.3. The molecule has 5 nitrogen and oxygen atoms in total. The van der Waals surface area contributed by atoms with Crippen molar-refractivity contribution in [2.24, 2.45) is 17.4 Å². The molecular formula is C10H23N3O2. The van der Waals surface area contributed by atoms with Crippen LogP contribution in [-0.2, 0) is 4.79 Å². The monoisotopic (exact) mass is 217 g/mol. The normalized spacial score (nSPS) is 15.3. The summed E-state index contributed by atoms with van der Waals surface area (Å²) in [4.78, 5) is 10.6. The van der Waals surface area contributed by atoms with Crippen LogP contribution in [0.3, 0.4) is 0 Å². The van der Waals surface area contributed by atoms with E-state index >= 15 is 0 Å². The zero-order valence-corrected chi connectivity index (χ0v) is 9.57. The molecule has 0 spiro atoms. The standard InChI is InChI=1S/C10H23N3O2/c1-3-7(4-2)9(14)6-13-5-8(11)10(12)15/h7-9,13-14H,3-6,11H2,1-2H3,(H2,12,15). The van der Waals surface area contributed by atoms with Crippen molar-refractivity contribution in [1.82, 2.24) is 5.32 Å². The molecule has 0 aromatic carbocycles. The molecule has 0 aliphatic rings. The predicted molar refractivity (Wildman–Crippen MR) is 60.1 cm³/mol. The Morgan fingerprint density at radius 2 is 1.87 bits per heavy atom. The molecule has 0 saturated heterocycles. The highest BCUT2D eigenvalue weighted by Gasteiger charge is 2.15. The Bertz CT molecular complexity index is 184. The van der Waals surface area contributed by atoms with E-state index < -0.39 is 11.9 Å². The van der Waals surface area contributed by atoms with Crippen LogP contribution in [0.5, 0.6) is 0 Å². The van der Waals surface area contributed by atoms with Crippen LogP contribution in [0.15, 0.2) is 0 Å². The number of carbonyl (C=O) groups excluding carboxylic acids is 1. The molecule has 0 fully saturated rings. The van der Waals surface area contributed by atoms with E-state index in [4.69, 9.17) is 11.5 Å². The van der Waals surface area contributed by atoms with E-state index in [0.717, 1.165) is 12.8 Å². The SMILES string of the molecule is CCC(CC)C(O)CNCC(N)C(N)=O. The number of primary amides is 1. The second kappa shape index (κ2) is 7.62. The maximum atomic E-state index is 10.6. The summed E-state index contributed by atoms with van der Waals surface area (Å²) in [5.74, 6) is -0.234. The molecule has 2 unspecified atom stereocenters. The van der Waals surface area contributed by atoms with Gasteiger partial charge in [0.05, 0.1) is 12.1 Å². The minimum atomic E-state index is -0.682. The Balaban J connectivity index is 3.71. The predicted octanol–water partition coefficient (Wildman–Crippen LogP) is -0.814. The van der Waals surface area contributed by atoms with Crippen molar-refractivity contribution in [3.8, 4) is 0 Å². The van der Waals surface area contributed by atoms with Crippen LogP contribution in [0.1, 0.15) is 26.7 Å². The van der Waals surface area contributed by atoms with Crippen molar-refractivity contribution >= 4 is 5.91 Å². The van der Waals surface area contributed by atoms with Crippen molar-refractivity contribution < 1.29 is 9.90 Å². The van der Waals surface area contributed by atoms with Crippen LogP contribution in [0.4, 0.5) is 0 Å². The molecule has 0 bridgehead atoms. The third kappa shape index (κ3) is 5.71. The van der Waals surface area contributed by atoms with Crippen LogP contribution in [0.25, 0.3) is 0 Å². The summed E-state index contributed by atoms with van der Waals surface area (Å²) in [6, 6.07) is -0.682. The first-order valence-electron chi connectivity index (χ1n) is 5.46. The first-order valence-corrected chi connectivity index (χ1v) is 5.46. The molecule has 15 heavy (non-hydrogen) atoms. The van der Waals surface area contributed by atoms with Gasteiger partial charge in [-0.1, -0.05) is 26.7 Å². The molecule has 0 aliphatic carbocycles. The molecule has 0 aliphatic heterocycles. The van der Waals surface area contributed by atoms with Crippen LogP contribution < -0.4 is 16.8 Å². The fourth-order valence-corrected chi connectivity index (χ4v) is 1.49. The quantitative estimate of drug-likeness (QED) is 0.427. The fraction of sp³-hybridized carbons (Fsp3) is 0.900. The molecule has 90 valence electrons. The topological polar surface area (TPSA) is 101 Å². The van der Waals surface area contributed by atoms with Crippen molar-refractivity contribution in [3.05, 3.63) is 0 Å². The lowest BCUT2D eigenvalue weighted by Crippen LogP contribution is -2.46. The third-order valence-corrected chi connectivity index (χ3v) is 2.68. The number of carbonyl (C=O) groups is 1. The molecule has 5 heteroatoms. The summed E-state index contributed by atoms with van der Waals surface area (Å²) in [5.41, 5.74) is 10.4. The van der Waals surface area contributed by atoms with Gasteiger partial charge in [-0.25, -0.2) is 0 Å². The zero-order chi connectivity index (χ0) is 11.8. The Kier molecular flexibility index (Phi) is 7.29. The van der Waals surface area contributed by atoms with Gasteiger partial charge >= 0.3 is 0 Å². The lowest BCUT2D eigenvalue weighted by molar-refractivity contribution is -0.119. The van der Waals surface area contributed by atoms with Gasteiger partial charge in [-0.3, -0.25) is 4.79 Å². The highest BCUT2D eigenvalue weighted by Crippen LogP contribution is 2.11. The number of hydrogen-bond acceptors (Lipinski definition) is 4. The van der Waals surface area contributed by atoms with E-state index in [-0.39, 0.29) is 6.10 Å².